The molecule has 0 spiro atoms. The van der Waals surface area contributed by atoms with Gasteiger partial charge in [-0.15, -0.1) is 5.10 Å². The summed E-state index contributed by atoms with van der Waals surface area (Å²) in [7, 11) is 0. The zero-order valence-electron chi connectivity index (χ0n) is 8.93. The standard InChI is InChI=1S/C8H14N4O2S/c1-4-14-6(13)5(2)12-7(9)10-8(11-12)15-3/h5H,4H2,1-3H3,(H2,9,10,11). The van der Waals surface area contributed by atoms with Gasteiger partial charge in [-0.3, -0.25) is 0 Å². The van der Waals surface area contributed by atoms with Crippen molar-refractivity contribution in [2.75, 3.05) is 18.6 Å². The maximum atomic E-state index is 11.4. The van der Waals surface area contributed by atoms with Gasteiger partial charge in [-0.2, -0.15) is 4.98 Å². The Hall–Kier alpha value is -1.24. The van der Waals surface area contributed by atoms with Crippen LogP contribution in [0.4, 0.5) is 5.95 Å². The van der Waals surface area contributed by atoms with Gasteiger partial charge in [0.05, 0.1) is 6.61 Å². The number of carbonyl (C=O) groups excluding carboxylic acids is 1. The van der Waals surface area contributed by atoms with Crippen LogP contribution >= 0.6 is 11.8 Å². The van der Waals surface area contributed by atoms with Crippen LogP contribution in [0.5, 0.6) is 0 Å². The minimum absolute atomic E-state index is 0.222. The lowest BCUT2D eigenvalue weighted by Gasteiger charge is -2.10. The number of ether oxygens (including phenoxy) is 1. The predicted molar refractivity (Wildman–Crippen MR) is 57.6 cm³/mol. The number of hydrogen-bond donors (Lipinski definition) is 1. The number of aromatic nitrogens is 3. The first-order chi connectivity index (χ1) is 7.10. The number of esters is 1. The van der Waals surface area contributed by atoms with E-state index in [0.717, 1.165) is 0 Å². The highest BCUT2D eigenvalue weighted by Gasteiger charge is 2.20. The molecule has 15 heavy (non-hydrogen) atoms. The van der Waals surface area contributed by atoms with E-state index >= 15 is 0 Å². The molecule has 0 aromatic carbocycles. The highest BCUT2D eigenvalue weighted by Crippen LogP contribution is 2.16. The summed E-state index contributed by atoms with van der Waals surface area (Å²) in [6.45, 7) is 3.77. The minimum Gasteiger partial charge on any atom is -0.464 e. The number of rotatable bonds is 4. The molecular weight excluding hydrogens is 216 g/mol. The van der Waals surface area contributed by atoms with Crippen molar-refractivity contribution in [1.29, 1.82) is 0 Å². The summed E-state index contributed by atoms with van der Waals surface area (Å²) < 4.78 is 6.23. The Morgan fingerprint density at radius 1 is 1.73 bits per heavy atom. The first-order valence-corrected chi connectivity index (χ1v) is 5.75. The van der Waals surface area contributed by atoms with Crippen LogP contribution in [-0.4, -0.2) is 33.6 Å². The summed E-state index contributed by atoms with van der Waals surface area (Å²) in [6.07, 6.45) is 1.84. The molecule has 1 rings (SSSR count). The minimum atomic E-state index is -0.543. The van der Waals surface area contributed by atoms with Crippen LogP contribution in [0.15, 0.2) is 5.16 Å². The second-order valence-corrected chi connectivity index (χ2v) is 3.60. The molecule has 0 saturated heterocycles. The van der Waals surface area contributed by atoms with Gasteiger partial charge in [0, 0.05) is 0 Å². The van der Waals surface area contributed by atoms with Crippen molar-refractivity contribution >= 4 is 23.7 Å². The Kier molecular flexibility index (Phi) is 3.96. The van der Waals surface area contributed by atoms with Crippen molar-refractivity contribution in [3.63, 3.8) is 0 Å². The number of thioether (sulfide) groups is 1. The topological polar surface area (TPSA) is 83.0 Å². The summed E-state index contributed by atoms with van der Waals surface area (Å²) >= 11 is 1.37. The van der Waals surface area contributed by atoms with Gasteiger partial charge in [0.1, 0.15) is 0 Å². The molecule has 0 amide bonds. The maximum Gasteiger partial charge on any atom is 0.330 e. The fourth-order valence-electron chi connectivity index (χ4n) is 1.05. The van der Waals surface area contributed by atoms with Crippen LogP contribution in [0, 0.1) is 0 Å². The first kappa shape index (κ1) is 11.8. The molecule has 0 aliphatic rings. The zero-order chi connectivity index (χ0) is 11.4. The molecule has 7 heteroatoms. The maximum absolute atomic E-state index is 11.4. The van der Waals surface area contributed by atoms with Gasteiger partial charge in [0.25, 0.3) is 0 Å². The Morgan fingerprint density at radius 2 is 2.40 bits per heavy atom. The van der Waals surface area contributed by atoms with Crippen molar-refractivity contribution in [3.8, 4) is 0 Å². The van der Waals surface area contributed by atoms with E-state index in [9.17, 15) is 4.79 Å². The molecule has 0 radical (unpaired) electrons. The quantitative estimate of drug-likeness (QED) is 0.605. The predicted octanol–water partition coefficient (Wildman–Crippen LogP) is 0.706. The fraction of sp³-hybridized carbons (Fsp3) is 0.625. The molecule has 1 unspecified atom stereocenters. The van der Waals surface area contributed by atoms with Crippen molar-refractivity contribution < 1.29 is 9.53 Å². The lowest BCUT2D eigenvalue weighted by molar-refractivity contribution is -0.146. The number of nitrogen functional groups attached to an aromatic ring is 1. The summed E-state index contributed by atoms with van der Waals surface area (Å²) in [5.74, 6) is -0.137. The van der Waals surface area contributed by atoms with Crippen LogP contribution in [0.1, 0.15) is 19.9 Å². The molecule has 1 aromatic rings. The normalized spacial score (nSPS) is 12.5. The number of nitrogens with zero attached hydrogens (tertiary/aromatic N) is 3. The van der Waals surface area contributed by atoms with Crippen LogP contribution in [0.2, 0.25) is 0 Å². The van der Waals surface area contributed by atoms with Gasteiger partial charge in [-0.05, 0) is 20.1 Å². The van der Waals surface area contributed by atoms with E-state index in [1.165, 1.54) is 16.4 Å². The van der Waals surface area contributed by atoms with Crippen molar-refractivity contribution in [1.82, 2.24) is 14.8 Å². The third-order valence-corrected chi connectivity index (χ3v) is 2.35. The summed E-state index contributed by atoms with van der Waals surface area (Å²) in [5.41, 5.74) is 5.62. The average Bonchev–Trinajstić information content (AvgIpc) is 2.59. The Morgan fingerprint density at radius 3 is 2.87 bits per heavy atom. The molecule has 0 saturated carbocycles. The molecular formula is C8H14N4O2S. The molecule has 0 aliphatic carbocycles. The monoisotopic (exact) mass is 230 g/mol. The van der Waals surface area contributed by atoms with Crippen LogP contribution < -0.4 is 5.73 Å². The number of anilines is 1. The SMILES string of the molecule is CCOC(=O)C(C)n1nc(SC)nc1N. The Balaban J connectivity index is 2.85. The van der Waals surface area contributed by atoms with E-state index in [1.807, 2.05) is 6.26 Å². The van der Waals surface area contributed by atoms with Gasteiger partial charge in [-0.1, -0.05) is 11.8 Å². The molecule has 0 fully saturated rings. The van der Waals surface area contributed by atoms with Gasteiger partial charge < -0.3 is 10.5 Å². The third-order valence-electron chi connectivity index (χ3n) is 1.82. The second-order valence-electron chi connectivity index (χ2n) is 2.83. The smallest absolute Gasteiger partial charge is 0.330 e. The Bertz CT molecular complexity index is 352. The van der Waals surface area contributed by atoms with Gasteiger partial charge in [-0.25, -0.2) is 9.48 Å². The van der Waals surface area contributed by atoms with Gasteiger partial charge in [0.2, 0.25) is 11.1 Å². The van der Waals surface area contributed by atoms with Crippen LogP contribution in [0.3, 0.4) is 0 Å². The molecule has 1 aromatic heterocycles. The van der Waals surface area contributed by atoms with E-state index in [1.54, 1.807) is 13.8 Å². The van der Waals surface area contributed by atoms with Crippen molar-refractivity contribution in [2.24, 2.45) is 0 Å². The molecule has 2 N–H and O–H groups in total. The Labute approximate surface area is 92.2 Å². The molecule has 1 atom stereocenters. The van der Waals surface area contributed by atoms with Crippen LogP contribution in [0.25, 0.3) is 0 Å². The molecule has 0 bridgehead atoms. The summed E-state index contributed by atoms with van der Waals surface area (Å²) in [6, 6.07) is -0.543. The summed E-state index contributed by atoms with van der Waals surface area (Å²) in [5, 5.41) is 4.62. The number of carbonyl (C=O) groups is 1. The molecule has 0 aliphatic heterocycles. The zero-order valence-corrected chi connectivity index (χ0v) is 9.74. The molecule has 84 valence electrons. The third kappa shape index (κ3) is 2.62. The van der Waals surface area contributed by atoms with Crippen molar-refractivity contribution in [3.05, 3.63) is 0 Å². The van der Waals surface area contributed by atoms with Crippen molar-refractivity contribution in [2.45, 2.75) is 25.0 Å². The number of nitrogens with two attached hydrogens (primary N) is 1. The average molecular weight is 230 g/mol. The fourth-order valence-corrected chi connectivity index (χ4v) is 1.40. The highest BCUT2D eigenvalue weighted by atomic mass is 32.2. The number of hydrogen-bond acceptors (Lipinski definition) is 6. The first-order valence-electron chi connectivity index (χ1n) is 4.52. The van der Waals surface area contributed by atoms with E-state index < -0.39 is 6.04 Å². The molecule has 1 heterocycles. The van der Waals surface area contributed by atoms with E-state index in [2.05, 4.69) is 10.1 Å². The summed E-state index contributed by atoms with van der Waals surface area (Å²) in [4.78, 5) is 15.4. The molecule has 6 nitrogen and oxygen atoms in total. The highest BCUT2D eigenvalue weighted by molar-refractivity contribution is 7.98. The second kappa shape index (κ2) is 5.01. The van der Waals surface area contributed by atoms with Gasteiger partial charge >= 0.3 is 5.97 Å². The van der Waals surface area contributed by atoms with Gasteiger partial charge in [0.15, 0.2) is 6.04 Å². The van der Waals surface area contributed by atoms with E-state index in [-0.39, 0.29) is 11.9 Å². The lowest BCUT2D eigenvalue weighted by atomic mass is 10.3. The van der Waals surface area contributed by atoms with E-state index in [4.69, 9.17) is 10.5 Å². The largest absolute Gasteiger partial charge is 0.464 e. The van der Waals surface area contributed by atoms with Crippen LogP contribution in [-0.2, 0) is 9.53 Å². The lowest BCUT2D eigenvalue weighted by Crippen LogP contribution is -2.21. The van der Waals surface area contributed by atoms with E-state index in [0.29, 0.717) is 11.8 Å².